The SMILES string of the molecule is N#Cc1ccc(Cl)cc1-n1c(=O)[nH][nH]c1=O. The van der Waals surface area contributed by atoms with Crippen molar-refractivity contribution in [2.24, 2.45) is 0 Å². The molecule has 7 heteroatoms. The molecule has 0 aliphatic heterocycles. The molecule has 0 fully saturated rings. The van der Waals surface area contributed by atoms with E-state index in [9.17, 15) is 9.59 Å². The lowest BCUT2D eigenvalue weighted by Gasteiger charge is -2.02. The van der Waals surface area contributed by atoms with Crippen LogP contribution in [0.2, 0.25) is 5.02 Å². The molecule has 80 valence electrons. The van der Waals surface area contributed by atoms with E-state index < -0.39 is 11.4 Å². The van der Waals surface area contributed by atoms with Crippen molar-refractivity contribution in [3.63, 3.8) is 0 Å². The Hall–Kier alpha value is -2.26. The molecule has 0 saturated carbocycles. The second-order valence-corrected chi connectivity index (χ2v) is 3.41. The topological polar surface area (TPSA) is 94.4 Å². The predicted octanol–water partition coefficient (Wildman–Crippen LogP) is 0.379. The average Bonchev–Trinajstić information content (AvgIpc) is 2.58. The normalized spacial score (nSPS) is 10.0. The van der Waals surface area contributed by atoms with Gasteiger partial charge in [0.2, 0.25) is 0 Å². The van der Waals surface area contributed by atoms with E-state index in [0.717, 1.165) is 4.57 Å². The highest BCUT2D eigenvalue weighted by molar-refractivity contribution is 6.30. The first-order chi connectivity index (χ1) is 7.63. The lowest BCUT2D eigenvalue weighted by molar-refractivity contribution is 0.947. The van der Waals surface area contributed by atoms with E-state index in [0.29, 0.717) is 5.02 Å². The number of benzene rings is 1. The third-order valence-electron chi connectivity index (χ3n) is 2.00. The first-order valence-electron chi connectivity index (χ1n) is 4.23. The Labute approximate surface area is 93.7 Å². The van der Waals surface area contributed by atoms with Gasteiger partial charge in [-0.15, -0.1) is 0 Å². The van der Waals surface area contributed by atoms with Gasteiger partial charge in [0, 0.05) is 5.02 Å². The van der Waals surface area contributed by atoms with E-state index in [1.807, 2.05) is 6.07 Å². The number of hydrogen-bond donors (Lipinski definition) is 2. The van der Waals surface area contributed by atoms with Gasteiger partial charge in [-0.3, -0.25) is 0 Å². The first-order valence-corrected chi connectivity index (χ1v) is 4.61. The summed E-state index contributed by atoms with van der Waals surface area (Å²) in [6.07, 6.45) is 0. The molecule has 16 heavy (non-hydrogen) atoms. The highest BCUT2D eigenvalue weighted by atomic mass is 35.5. The maximum absolute atomic E-state index is 11.3. The van der Waals surface area contributed by atoms with E-state index >= 15 is 0 Å². The molecule has 1 aromatic carbocycles. The van der Waals surface area contributed by atoms with Gasteiger partial charge in [-0.1, -0.05) is 11.6 Å². The van der Waals surface area contributed by atoms with Crippen LogP contribution in [0.15, 0.2) is 27.8 Å². The Kier molecular flexibility index (Phi) is 2.38. The summed E-state index contributed by atoms with van der Waals surface area (Å²) >= 11 is 5.75. The molecular formula is C9H5ClN4O2. The molecule has 0 bridgehead atoms. The number of nitriles is 1. The smallest absolute Gasteiger partial charge is 0.247 e. The summed E-state index contributed by atoms with van der Waals surface area (Å²) in [6.45, 7) is 0. The van der Waals surface area contributed by atoms with Gasteiger partial charge in [-0.2, -0.15) is 5.26 Å². The molecule has 0 spiro atoms. The highest BCUT2D eigenvalue weighted by Gasteiger charge is 2.11. The number of nitrogens with zero attached hydrogens (tertiary/aromatic N) is 2. The van der Waals surface area contributed by atoms with E-state index in [1.54, 1.807) is 0 Å². The molecule has 1 aromatic heterocycles. The summed E-state index contributed by atoms with van der Waals surface area (Å²) < 4.78 is 0.810. The third-order valence-corrected chi connectivity index (χ3v) is 2.24. The van der Waals surface area contributed by atoms with Crippen molar-refractivity contribution in [3.8, 4) is 11.8 Å². The predicted molar refractivity (Wildman–Crippen MR) is 56.7 cm³/mol. The van der Waals surface area contributed by atoms with Crippen LogP contribution >= 0.6 is 11.6 Å². The Morgan fingerprint density at radius 3 is 2.44 bits per heavy atom. The van der Waals surface area contributed by atoms with Gasteiger partial charge in [0.05, 0.1) is 11.3 Å². The molecule has 0 radical (unpaired) electrons. The van der Waals surface area contributed by atoms with Crippen LogP contribution in [0.5, 0.6) is 0 Å². The standard InChI is InChI=1S/C9H5ClN4O2/c10-6-2-1-5(4-11)7(3-6)14-8(15)12-13-9(14)16/h1-3H,(H,12,15)(H,13,16). The van der Waals surface area contributed by atoms with Gasteiger partial charge in [0.15, 0.2) is 0 Å². The minimum Gasteiger partial charge on any atom is -0.247 e. The zero-order valence-electron chi connectivity index (χ0n) is 7.82. The zero-order valence-corrected chi connectivity index (χ0v) is 8.58. The molecular weight excluding hydrogens is 232 g/mol. The summed E-state index contributed by atoms with van der Waals surface area (Å²) in [5, 5.41) is 13.4. The Balaban J connectivity index is 2.84. The monoisotopic (exact) mass is 236 g/mol. The Morgan fingerprint density at radius 2 is 1.88 bits per heavy atom. The number of H-pyrrole nitrogens is 2. The van der Waals surface area contributed by atoms with E-state index in [-0.39, 0.29) is 11.3 Å². The van der Waals surface area contributed by atoms with Crippen LogP contribution in [0.4, 0.5) is 0 Å². The molecule has 2 N–H and O–H groups in total. The number of aromatic nitrogens is 3. The molecule has 0 atom stereocenters. The molecule has 2 aromatic rings. The minimum atomic E-state index is -0.649. The molecule has 0 saturated heterocycles. The summed E-state index contributed by atoms with van der Waals surface area (Å²) in [5.41, 5.74) is -0.952. The molecule has 6 nitrogen and oxygen atoms in total. The van der Waals surface area contributed by atoms with Gasteiger partial charge >= 0.3 is 11.4 Å². The summed E-state index contributed by atoms with van der Waals surface area (Å²) in [7, 11) is 0. The third kappa shape index (κ3) is 1.53. The molecule has 0 aliphatic rings. The van der Waals surface area contributed by atoms with E-state index in [1.165, 1.54) is 18.2 Å². The largest absolute Gasteiger partial charge is 0.349 e. The van der Waals surface area contributed by atoms with Crippen molar-refractivity contribution in [2.75, 3.05) is 0 Å². The van der Waals surface area contributed by atoms with Crippen LogP contribution in [0.1, 0.15) is 5.56 Å². The van der Waals surface area contributed by atoms with Crippen LogP contribution in [0.25, 0.3) is 5.69 Å². The lowest BCUT2D eigenvalue weighted by Crippen LogP contribution is -2.25. The van der Waals surface area contributed by atoms with Gasteiger partial charge in [0.1, 0.15) is 6.07 Å². The van der Waals surface area contributed by atoms with Crippen molar-refractivity contribution >= 4 is 11.6 Å². The lowest BCUT2D eigenvalue weighted by atomic mass is 10.2. The zero-order chi connectivity index (χ0) is 11.7. The quantitative estimate of drug-likeness (QED) is 0.749. The molecule has 2 rings (SSSR count). The molecule has 0 unspecified atom stereocenters. The van der Waals surface area contributed by atoms with Crippen molar-refractivity contribution in [2.45, 2.75) is 0 Å². The van der Waals surface area contributed by atoms with Crippen molar-refractivity contribution in [1.82, 2.24) is 14.8 Å². The molecule has 0 amide bonds. The average molecular weight is 237 g/mol. The Morgan fingerprint density at radius 1 is 1.25 bits per heavy atom. The van der Waals surface area contributed by atoms with Gasteiger partial charge in [-0.25, -0.2) is 24.4 Å². The fourth-order valence-electron chi connectivity index (χ4n) is 1.31. The highest BCUT2D eigenvalue weighted by Crippen LogP contribution is 2.16. The van der Waals surface area contributed by atoms with Crippen molar-refractivity contribution < 1.29 is 0 Å². The van der Waals surface area contributed by atoms with Crippen LogP contribution < -0.4 is 11.4 Å². The first kappa shape index (κ1) is 10.3. The maximum Gasteiger partial charge on any atom is 0.349 e. The van der Waals surface area contributed by atoms with E-state index in [2.05, 4.69) is 10.2 Å². The minimum absolute atomic E-state index is 0.155. The van der Waals surface area contributed by atoms with Crippen LogP contribution in [-0.2, 0) is 0 Å². The fraction of sp³-hybridized carbons (Fsp3) is 0. The van der Waals surface area contributed by atoms with Crippen molar-refractivity contribution in [3.05, 3.63) is 49.8 Å². The van der Waals surface area contributed by atoms with Gasteiger partial charge in [-0.05, 0) is 18.2 Å². The number of nitrogens with one attached hydrogen (secondary N) is 2. The fourth-order valence-corrected chi connectivity index (χ4v) is 1.48. The number of aromatic amines is 2. The number of rotatable bonds is 1. The molecule has 1 heterocycles. The van der Waals surface area contributed by atoms with Crippen LogP contribution in [0.3, 0.4) is 0 Å². The second-order valence-electron chi connectivity index (χ2n) is 2.97. The van der Waals surface area contributed by atoms with Crippen LogP contribution in [-0.4, -0.2) is 14.8 Å². The van der Waals surface area contributed by atoms with Gasteiger partial charge in [0.25, 0.3) is 0 Å². The van der Waals surface area contributed by atoms with Gasteiger partial charge < -0.3 is 0 Å². The van der Waals surface area contributed by atoms with E-state index in [4.69, 9.17) is 16.9 Å². The maximum atomic E-state index is 11.3. The van der Waals surface area contributed by atoms with Crippen molar-refractivity contribution in [1.29, 1.82) is 5.26 Å². The number of halogens is 1. The summed E-state index contributed by atoms with van der Waals surface area (Å²) in [5.74, 6) is 0. The Bertz CT molecular complexity index is 661. The van der Waals surface area contributed by atoms with Crippen LogP contribution in [0, 0.1) is 11.3 Å². The number of hydrogen-bond acceptors (Lipinski definition) is 3. The summed E-state index contributed by atoms with van der Waals surface area (Å²) in [6, 6.07) is 6.21. The second kappa shape index (κ2) is 3.72. The molecule has 0 aliphatic carbocycles. The summed E-state index contributed by atoms with van der Waals surface area (Å²) in [4.78, 5) is 22.7.